The summed E-state index contributed by atoms with van der Waals surface area (Å²) in [4.78, 5) is 4.02. The van der Waals surface area contributed by atoms with Crippen molar-refractivity contribution < 1.29 is 4.74 Å². The van der Waals surface area contributed by atoms with Gasteiger partial charge in [-0.15, -0.1) is 0 Å². The van der Waals surface area contributed by atoms with Crippen molar-refractivity contribution in [1.82, 2.24) is 14.9 Å². The molecule has 1 aromatic carbocycles. The zero-order chi connectivity index (χ0) is 14.4. The van der Waals surface area contributed by atoms with Crippen LogP contribution in [-0.4, -0.2) is 22.7 Å². The Hall–Kier alpha value is -1.81. The number of hydrogen-bond acceptors (Lipinski definition) is 3. The highest BCUT2D eigenvalue weighted by atomic mass is 16.5. The standard InChI is InChI=1S/C16H23N3O/c1-4-17-11-15-9-13(2)16(14(3)10-15)20-8-7-19-6-5-18-12-19/h5-6,9-10,12,17H,4,7-8,11H2,1-3H3. The highest BCUT2D eigenvalue weighted by molar-refractivity contribution is 5.43. The van der Waals surface area contributed by atoms with Gasteiger partial charge in [0.25, 0.3) is 0 Å². The van der Waals surface area contributed by atoms with Gasteiger partial charge in [-0.05, 0) is 37.1 Å². The second-order valence-electron chi connectivity index (χ2n) is 4.99. The number of nitrogens with one attached hydrogen (secondary N) is 1. The maximum Gasteiger partial charge on any atom is 0.125 e. The number of imidazole rings is 1. The molecule has 0 aliphatic rings. The molecule has 2 aromatic rings. The van der Waals surface area contributed by atoms with E-state index in [0.29, 0.717) is 6.61 Å². The molecule has 0 saturated heterocycles. The van der Waals surface area contributed by atoms with E-state index < -0.39 is 0 Å². The van der Waals surface area contributed by atoms with Gasteiger partial charge >= 0.3 is 0 Å². The van der Waals surface area contributed by atoms with Crippen molar-refractivity contribution in [2.45, 2.75) is 33.9 Å². The van der Waals surface area contributed by atoms with Gasteiger partial charge in [0.1, 0.15) is 12.4 Å². The Morgan fingerprint density at radius 2 is 2.00 bits per heavy atom. The van der Waals surface area contributed by atoms with Crippen LogP contribution >= 0.6 is 0 Å². The molecule has 1 aromatic heterocycles. The molecule has 2 rings (SSSR count). The first kappa shape index (κ1) is 14.6. The third kappa shape index (κ3) is 3.84. The van der Waals surface area contributed by atoms with Crippen molar-refractivity contribution in [2.24, 2.45) is 0 Å². The molecule has 0 saturated carbocycles. The van der Waals surface area contributed by atoms with Crippen molar-refractivity contribution in [2.75, 3.05) is 13.2 Å². The summed E-state index contributed by atoms with van der Waals surface area (Å²) in [5.41, 5.74) is 3.70. The van der Waals surface area contributed by atoms with Crippen molar-refractivity contribution in [1.29, 1.82) is 0 Å². The Labute approximate surface area is 120 Å². The minimum Gasteiger partial charge on any atom is -0.491 e. The summed E-state index contributed by atoms with van der Waals surface area (Å²) in [5, 5.41) is 3.35. The Bertz CT molecular complexity index is 512. The van der Waals surface area contributed by atoms with Gasteiger partial charge in [-0.25, -0.2) is 4.98 Å². The number of benzene rings is 1. The van der Waals surface area contributed by atoms with Crippen molar-refractivity contribution >= 4 is 0 Å². The maximum atomic E-state index is 5.93. The molecule has 0 radical (unpaired) electrons. The first-order valence-electron chi connectivity index (χ1n) is 7.10. The number of aryl methyl sites for hydroxylation is 2. The number of nitrogens with zero attached hydrogens (tertiary/aromatic N) is 2. The summed E-state index contributed by atoms with van der Waals surface area (Å²) < 4.78 is 7.95. The van der Waals surface area contributed by atoms with E-state index in [4.69, 9.17) is 4.74 Å². The van der Waals surface area contributed by atoms with Crippen LogP contribution in [0.15, 0.2) is 30.9 Å². The van der Waals surface area contributed by atoms with E-state index in [-0.39, 0.29) is 0 Å². The molecular formula is C16H23N3O. The van der Waals surface area contributed by atoms with Gasteiger partial charge in [-0.1, -0.05) is 19.1 Å². The molecule has 4 heteroatoms. The molecule has 0 aliphatic heterocycles. The first-order chi connectivity index (χ1) is 9.70. The molecule has 0 bridgehead atoms. The summed E-state index contributed by atoms with van der Waals surface area (Å²) in [6.07, 6.45) is 5.54. The Morgan fingerprint density at radius 3 is 2.60 bits per heavy atom. The smallest absolute Gasteiger partial charge is 0.125 e. The zero-order valence-corrected chi connectivity index (χ0v) is 12.5. The fourth-order valence-corrected chi connectivity index (χ4v) is 2.31. The molecule has 4 nitrogen and oxygen atoms in total. The highest BCUT2D eigenvalue weighted by Crippen LogP contribution is 2.24. The van der Waals surface area contributed by atoms with Crippen molar-refractivity contribution in [3.63, 3.8) is 0 Å². The normalized spacial score (nSPS) is 10.8. The van der Waals surface area contributed by atoms with E-state index in [1.807, 2.05) is 17.1 Å². The number of ether oxygens (including phenoxy) is 1. The molecule has 1 N–H and O–H groups in total. The van der Waals surface area contributed by atoms with Gasteiger partial charge in [0.2, 0.25) is 0 Å². The Morgan fingerprint density at radius 1 is 1.25 bits per heavy atom. The van der Waals surface area contributed by atoms with Gasteiger partial charge in [-0.3, -0.25) is 0 Å². The van der Waals surface area contributed by atoms with Gasteiger partial charge in [0, 0.05) is 18.9 Å². The van der Waals surface area contributed by atoms with Crippen LogP contribution in [-0.2, 0) is 13.1 Å². The largest absolute Gasteiger partial charge is 0.491 e. The minimum atomic E-state index is 0.657. The molecular weight excluding hydrogens is 250 g/mol. The van der Waals surface area contributed by atoms with Crippen LogP contribution in [0.5, 0.6) is 5.75 Å². The fourth-order valence-electron chi connectivity index (χ4n) is 2.31. The second-order valence-corrected chi connectivity index (χ2v) is 4.99. The van der Waals surface area contributed by atoms with Crippen LogP contribution in [0.25, 0.3) is 0 Å². The lowest BCUT2D eigenvalue weighted by molar-refractivity contribution is 0.294. The van der Waals surface area contributed by atoms with Gasteiger partial charge in [0.05, 0.1) is 12.9 Å². The SMILES string of the molecule is CCNCc1cc(C)c(OCCn2ccnc2)c(C)c1. The third-order valence-corrected chi connectivity index (χ3v) is 3.25. The molecule has 20 heavy (non-hydrogen) atoms. The highest BCUT2D eigenvalue weighted by Gasteiger charge is 2.06. The fraction of sp³-hybridized carbons (Fsp3) is 0.438. The lowest BCUT2D eigenvalue weighted by Crippen LogP contribution is -2.12. The zero-order valence-electron chi connectivity index (χ0n) is 12.5. The third-order valence-electron chi connectivity index (χ3n) is 3.25. The lowest BCUT2D eigenvalue weighted by atomic mass is 10.1. The van der Waals surface area contributed by atoms with Crippen LogP contribution in [0.4, 0.5) is 0 Å². The molecule has 1 heterocycles. The van der Waals surface area contributed by atoms with Gasteiger partial charge in [-0.2, -0.15) is 0 Å². The number of rotatable bonds is 7. The first-order valence-corrected chi connectivity index (χ1v) is 7.10. The van der Waals surface area contributed by atoms with Crippen LogP contribution < -0.4 is 10.1 Å². The van der Waals surface area contributed by atoms with E-state index in [1.54, 1.807) is 6.20 Å². The molecule has 0 fully saturated rings. The molecule has 0 aliphatic carbocycles. The lowest BCUT2D eigenvalue weighted by Gasteiger charge is -2.14. The molecule has 0 amide bonds. The Balaban J connectivity index is 1.97. The van der Waals surface area contributed by atoms with E-state index in [2.05, 4.69) is 43.2 Å². The Kier molecular flexibility index (Phi) is 5.18. The maximum absolute atomic E-state index is 5.93. The number of hydrogen-bond donors (Lipinski definition) is 1. The van der Waals surface area contributed by atoms with E-state index in [0.717, 1.165) is 25.4 Å². The van der Waals surface area contributed by atoms with E-state index >= 15 is 0 Å². The van der Waals surface area contributed by atoms with Crippen LogP contribution in [0.2, 0.25) is 0 Å². The summed E-state index contributed by atoms with van der Waals surface area (Å²) in [6, 6.07) is 4.39. The summed E-state index contributed by atoms with van der Waals surface area (Å²) in [7, 11) is 0. The predicted octanol–water partition coefficient (Wildman–Crippen LogP) is 2.69. The summed E-state index contributed by atoms with van der Waals surface area (Å²) in [5.74, 6) is 1.00. The molecule has 0 unspecified atom stereocenters. The van der Waals surface area contributed by atoms with Crippen molar-refractivity contribution in [3.05, 3.63) is 47.5 Å². The average Bonchev–Trinajstić information content (AvgIpc) is 2.92. The van der Waals surface area contributed by atoms with Crippen LogP contribution in [0.3, 0.4) is 0 Å². The predicted molar refractivity (Wildman–Crippen MR) is 81.0 cm³/mol. The molecule has 0 spiro atoms. The van der Waals surface area contributed by atoms with Crippen molar-refractivity contribution in [3.8, 4) is 5.75 Å². The average molecular weight is 273 g/mol. The summed E-state index contributed by atoms with van der Waals surface area (Å²) in [6.45, 7) is 9.70. The van der Waals surface area contributed by atoms with Crippen LogP contribution in [0.1, 0.15) is 23.6 Å². The minimum absolute atomic E-state index is 0.657. The van der Waals surface area contributed by atoms with Gasteiger partial charge in [0.15, 0.2) is 0 Å². The van der Waals surface area contributed by atoms with E-state index in [9.17, 15) is 0 Å². The molecule has 0 atom stereocenters. The monoisotopic (exact) mass is 273 g/mol. The quantitative estimate of drug-likeness (QED) is 0.843. The van der Waals surface area contributed by atoms with Gasteiger partial charge < -0.3 is 14.6 Å². The molecule has 108 valence electrons. The topological polar surface area (TPSA) is 39.1 Å². The second kappa shape index (κ2) is 7.10. The number of aromatic nitrogens is 2. The van der Waals surface area contributed by atoms with E-state index in [1.165, 1.54) is 16.7 Å². The van der Waals surface area contributed by atoms with Crippen LogP contribution in [0, 0.1) is 13.8 Å². The summed E-state index contributed by atoms with van der Waals surface area (Å²) >= 11 is 0.